The number of nitrogens with zero attached hydrogens (tertiary/aromatic N) is 1. The minimum atomic E-state index is -0.798. The Bertz CT molecular complexity index is 502. The van der Waals surface area contributed by atoms with Gasteiger partial charge in [0.25, 0.3) is 0 Å². The van der Waals surface area contributed by atoms with Crippen LogP contribution in [0.4, 0.5) is 0 Å². The van der Waals surface area contributed by atoms with E-state index in [4.69, 9.17) is 9.47 Å². The van der Waals surface area contributed by atoms with E-state index in [9.17, 15) is 14.4 Å². The Morgan fingerprint density at radius 2 is 1.70 bits per heavy atom. The summed E-state index contributed by atoms with van der Waals surface area (Å²) in [5.41, 5.74) is 0. The summed E-state index contributed by atoms with van der Waals surface area (Å²) >= 11 is 0. The first kappa shape index (κ1) is 12.2. The largest absolute Gasteiger partial charge is 0.343 e. The molecular formula is C14H15NO5. The average Bonchev–Trinajstić information content (AvgIpc) is 2.99. The number of fused-ring (bicyclic) bond motifs is 3. The van der Waals surface area contributed by atoms with Gasteiger partial charge in [-0.1, -0.05) is 12.2 Å². The molecule has 0 unspecified atom stereocenters. The molecule has 0 spiro atoms. The number of Topliss-reactive ketones (excluding diaryl/α,β-unsaturated/α-hetero) is 1. The van der Waals surface area contributed by atoms with Crippen molar-refractivity contribution in [1.82, 2.24) is 4.90 Å². The van der Waals surface area contributed by atoms with Gasteiger partial charge in [-0.25, -0.2) is 0 Å². The number of carbonyl (C=O) groups excluding carboxylic acids is 3. The van der Waals surface area contributed by atoms with E-state index < -0.39 is 12.3 Å². The molecule has 5 atom stereocenters. The molecule has 3 fully saturated rings. The van der Waals surface area contributed by atoms with E-state index in [1.165, 1.54) is 4.90 Å². The van der Waals surface area contributed by atoms with Crippen molar-refractivity contribution in [3.63, 3.8) is 0 Å². The van der Waals surface area contributed by atoms with E-state index in [0.717, 1.165) is 0 Å². The van der Waals surface area contributed by atoms with Gasteiger partial charge in [-0.05, 0) is 12.8 Å². The molecule has 3 saturated heterocycles. The van der Waals surface area contributed by atoms with Crippen LogP contribution in [0.1, 0.15) is 19.3 Å². The summed E-state index contributed by atoms with van der Waals surface area (Å²) in [5.74, 6) is -1.02. The lowest BCUT2D eigenvalue weighted by molar-refractivity contribution is -0.163. The number of hydrogen-bond acceptors (Lipinski definition) is 5. The van der Waals surface area contributed by atoms with Crippen LogP contribution in [-0.2, 0) is 23.9 Å². The molecule has 106 valence electrons. The summed E-state index contributed by atoms with van der Waals surface area (Å²) < 4.78 is 10.7. The molecule has 0 aromatic rings. The molecule has 2 bridgehead atoms. The maximum atomic E-state index is 12.5. The van der Waals surface area contributed by atoms with Crippen molar-refractivity contribution >= 4 is 17.6 Å². The Morgan fingerprint density at radius 1 is 1.05 bits per heavy atom. The van der Waals surface area contributed by atoms with Crippen molar-refractivity contribution in [3.8, 4) is 0 Å². The molecule has 1 aliphatic carbocycles. The van der Waals surface area contributed by atoms with Crippen LogP contribution in [0.2, 0.25) is 0 Å². The van der Waals surface area contributed by atoms with Gasteiger partial charge >= 0.3 is 0 Å². The minimum absolute atomic E-state index is 0.152. The topological polar surface area (TPSA) is 72.9 Å². The quantitative estimate of drug-likeness (QED) is 0.499. The zero-order chi connectivity index (χ0) is 13.9. The van der Waals surface area contributed by atoms with Crippen LogP contribution in [0.15, 0.2) is 12.2 Å². The second kappa shape index (κ2) is 4.23. The number of ketones is 1. The fraction of sp³-hybridized carbons (Fsp3) is 0.643. The van der Waals surface area contributed by atoms with Crippen LogP contribution in [0.3, 0.4) is 0 Å². The van der Waals surface area contributed by atoms with Gasteiger partial charge in [0.1, 0.15) is 6.10 Å². The van der Waals surface area contributed by atoms with Crippen LogP contribution in [0.5, 0.6) is 0 Å². The second-order valence-corrected chi connectivity index (χ2v) is 5.78. The maximum Gasteiger partial charge on any atom is 0.233 e. The van der Waals surface area contributed by atoms with Crippen LogP contribution in [0, 0.1) is 11.8 Å². The van der Waals surface area contributed by atoms with Crippen molar-refractivity contribution in [2.24, 2.45) is 11.8 Å². The highest BCUT2D eigenvalue weighted by Gasteiger charge is 2.55. The normalized spacial score (nSPS) is 43.3. The van der Waals surface area contributed by atoms with Gasteiger partial charge < -0.3 is 9.47 Å². The number of amides is 2. The summed E-state index contributed by atoms with van der Waals surface area (Å²) in [7, 11) is 0. The first-order valence-electron chi connectivity index (χ1n) is 6.98. The molecule has 6 heteroatoms. The molecule has 0 N–H and O–H groups in total. The fourth-order valence-corrected chi connectivity index (χ4v) is 3.63. The highest BCUT2D eigenvalue weighted by atomic mass is 16.7. The van der Waals surface area contributed by atoms with E-state index in [1.807, 2.05) is 12.2 Å². The van der Waals surface area contributed by atoms with Gasteiger partial charge in [-0.3, -0.25) is 19.3 Å². The number of ether oxygens (including phenoxy) is 2. The van der Waals surface area contributed by atoms with Gasteiger partial charge in [0.15, 0.2) is 5.78 Å². The predicted octanol–water partition coefficient (Wildman–Crippen LogP) is 0.0205. The maximum absolute atomic E-state index is 12.5. The molecule has 0 aromatic carbocycles. The Morgan fingerprint density at radius 3 is 2.35 bits per heavy atom. The number of imide groups is 1. The number of likely N-dealkylation sites (tertiary alicyclic amines) is 1. The van der Waals surface area contributed by atoms with Gasteiger partial charge in [-0.15, -0.1) is 0 Å². The van der Waals surface area contributed by atoms with Gasteiger partial charge in [-0.2, -0.15) is 0 Å². The third kappa shape index (κ3) is 1.55. The van der Waals surface area contributed by atoms with E-state index in [1.54, 1.807) is 0 Å². The van der Waals surface area contributed by atoms with Crippen LogP contribution >= 0.6 is 0 Å². The first-order chi connectivity index (χ1) is 9.66. The fourth-order valence-electron chi connectivity index (χ4n) is 3.63. The van der Waals surface area contributed by atoms with Crippen LogP contribution in [-0.4, -0.2) is 47.5 Å². The zero-order valence-corrected chi connectivity index (χ0v) is 10.9. The van der Waals surface area contributed by atoms with Crippen LogP contribution in [0.25, 0.3) is 0 Å². The summed E-state index contributed by atoms with van der Waals surface area (Å²) in [6.45, 7) is 0.270. The molecular weight excluding hydrogens is 262 g/mol. The van der Waals surface area contributed by atoms with Gasteiger partial charge in [0.05, 0.1) is 24.5 Å². The number of rotatable bonds is 1. The van der Waals surface area contributed by atoms with Gasteiger partial charge in [0.2, 0.25) is 18.1 Å². The van der Waals surface area contributed by atoms with Crippen molar-refractivity contribution in [1.29, 1.82) is 0 Å². The van der Waals surface area contributed by atoms with E-state index >= 15 is 0 Å². The molecule has 4 rings (SSSR count). The average molecular weight is 277 g/mol. The SMILES string of the molecule is O=C1C[C@H](N2C(=O)[C@H]3CC=CC[C@H]3C2=O)[C@H]2CO[C@H]1O2. The second-order valence-electron chi connectivity index (χ2n) is 5.78. The zero-order valence-electron chi connectivity index (χ0n) is 10.9. The summed E-state index contributed by atoms with van der Waals surface area (Å²) in [6.07, 6.45) is 4.11. The Kier molecular flexibility index (Phi) is 2.59. The van der Waals surface area contributed by atoms with Gasteiger partial charge in [0, 0.05) is 6.42 Å². The lowest BCUT2D eigenvalue weighted by Crippen LogP contribution is -2.52. The summed E-state index contributed by atoms with van der Waals surface area (Å²) in [4.78, 5) is 38.1. The molecule has 0 aromatic heterocycles. The Hall–Kier alpha value is -1.53. The van der Waals surface area contributed by atoms with E-state index in [2.05, 4.69) is 0 Å². The molecule has 2 amide bonds. The lowest BCUT2D eigenvalue weighted by Gasteiger charge is -2.32. The molecule has 0 saturated carbocycles. The van der Waals surface area contributed by atoms with Crippen LogP contribution < -0.4 is 0 Å². The van der Waals surface area contributed by atoms with E-state index in [-0.39, 0.29) is 48.6 Å². The lowest BCUT2D eigenvalue weighted by atomic mass is 9.85. The van der Waals surface area contributed by atoms with Crippen molar-refractivity contribution in [2.45, 2.75) is 37.7 Å². The minimum Gasteiger partial charge on any atom is -0.343 e. The van der Waals surface area contributed by atoms with Crippen molar-refractivity contribution in [2.75, 3.05) is 6.61 Å². The summed E-state index contributed by atoms with van der Waals surface area (Å²) in [6, 6.07) is -0.494. The highest BCUT2D eigenvalue weighted by Crippen LogP contribution is 2.39. The highest BCUT2D eigenvalue weighted by molar-refractivity contribution is 6.06. The standard InChI is InChI=1S/C14H15NO5/c16-10-5-9(11-6-19-14(10)20-11)15-12(17)7-3-1-2-4-8(7)13(15)18/h1-2,7-9,11,14H,3-6H2/t7-,8+,9-,11+,14-/m0/s1. The third-order valence-electron chi connectivity index (χ3n) is 4.69. The molecule has 3 heterocycles. The molecule has 20 heavy (non-hydrogen) atoms. The third-order valence-corrected chi connectivity index (χ3v) is 4.69. The molecule has 0 radical (unpaired) electrons. The summed E-state index contributed by atoms with van der Waals surface area (Å²) in [5, 5.41) is 0. The Labute approximate surface area is 115 Å². The molecule has 3 aliphatic heterocycles. The number of allylic oxidation sites excluding steroid dienone is 2. The van der Waals surface area contributed by atoms with E-state index in [0.29, 0.717) is 12.8 Å². The smallest absolute Gasteiger partial charge is 0.233 e. The first-order valence-corrected chi connectivity index (χ1v) is 6.98. The monoisotopic (exact) mass is 277 g/mol. The van der Waals surface area contributed by atoms with Crippen molar-refractivity contribution < 1.29 is 23.9 Å². The van der Waals surface area contributed by atoms with Crippen molar-refractivity contribution in [3.05, 3.63) is 12.2 Å². The molecule has 6 nitrogen and oxygen atoms in total. The predicted molar refractivity (Wildman–Crippen MR) is 65.2 cm³/mol. The Balaban J connectivity index is 1.64. The molecule has 4 aliphatic rings. The number of hydrogen-bond donors (Lipinski definition) is 0. The number of carbonyl (C=O) groups is 3.